The van der Waals surface area contributed by atoms with Crippen LogP contribution in [0.3, 0.4) is 0 Å². The Bertz CT molecular complexity index is 2760. The van der Waals surface area contributed by atoms with Gasteiger partial charge in [0, 0.05) is 47.3 Å². The summed E-state index contributed by atoms with van der Waals surface area (Å²) >= 11 is 0. The molecule has 3 atom stereocenters. The summed E-state index contributed by atoms with van der Waals surface area (Å²) < 4.78 is 30.7. The Balaban J connectivity index is 1.19. The van der Waals surface area contributed by atoms with E-state index in [1.165, 1.54) is 6.07 Å². The molecule has 322 valence electrons. The number of benzene rings is 5. The second kappa shape index (κ2) is 15.4. The van der Waals surface area contributed by atoms with Gasteiger partial charge in [-0.05, 0) is 100 Å². The van der Waals surface area contributed by atoms with E-state index in [0.717, 1.165) is 47.9 Å². The van der Waals surface area contributed by atoms with Crippen molar-refractivity contribution in [2.75, 3.05) is 18.0 Å². The number of nitrogens with zero attached hydrogens (tertiary/aromatic N) is 6. The summed E-state index contributed by atoms with van der Waals surface area (Å²) in [5, 5.41) is 19.6. The Morgan fingerprint density at radius 3 is 2.02 bits per heavy atom. The highest BCUT2D eigenvalue weighted by molar-refractivity contribution is 6.06. The van der Waals surface area contributed by atoms with Gasteiger partial charge in [-0.1, -0.05) is 97.9 Å². The van der Waals surface area contributed by atoms with Crippen molar-refractivity contribution in [3.05, 3.63) is 143 Å². The quantitative estimate of drug-likeness (QED) is 0.136. The van der Waals surface area contributed by atoms with Gasteiger partial charge in [-0.2, -0.15) is 15.1 Å². The molecule has 0 spiro atoms. The normalized spacial score (nSPS) is 18.1. The maximum absolute atomic E-state index is 16.6. The maximum Gasteiger partial charge on any atom is 0.410 e. The predicted molar refractivity (Wildman–Crippen MR) is 244 cm³/mol. The largest absolute Gasteiger partial charge is 0.505 e. The maximum atomic E-state index is 16.6. The number of rotatable bonds is 10. The van der Waals surface area contributed by atoms with Crippen LogP contribution in [-0.2, 0) is 10.3 Å². The summed E-state index contributed by atoms with van der Waals surface area (Å²) in [4.78, 5) is 27.3. The van der Waals surface area contributed by atoms with E-state index < -0.39 is 17.0 Å². The van der Waals surface area contributed by atoms with Crippen molar-refractivity contribution in [1.82, 2.24) is 24.6 Å². The minimum atomic E-state index is -0.937. The SMILES string of the molecule is CC[C@@H](C)Oc1nc(N2C[C@@H]3C[C@H]2CN3C(=O)OC(C)(C)C)c2cc(C3CC3)c(-c3c(C)c(F)cc4nn(C(c5ccccc5)(c5ccccc5)c5ccccc5)cc34)c(O)c2n1. The number of ether oxygens (including phenoxy) is 2. The number of hydrogen-bond acceptors (Lipinski definition) is 8. The van der Waals surface area contributed by atoms with Crippen molar-refractivity contribution in [3.63, 3.8) is 0 Å². The number of amides is 1. The van der Waals surface area contributed by atoms with Crippen molar-refractivity contribution in [2.45, 2.75) is 102 Å². The minimum absolute atomic E-state index is 0.0155. The Kier molecular flexibility index (Phi) is 9.91. The molecule has 7 aromatic rings. The first kappa shape index (κ1) is 40.6. The first-order chi connectivity index (χ1) is 30.3. The number of phenolic OH excluding ortho intramolecular Hbond substituents is 1. The average Bonchev–Trinajstić information content (AvgIpc) is 3.72. The zero-order valence-electron chi connectivity index (χ0n) is 36.7. The Morgan fingerprint density at radius 1 is 0.857 bits per heavy atom. The van der Waals surface area contributed by atoms with Gasteiger partial charge < -0.3 is 24.4 Å². The number of fused-ring (bicyclic) bond motifs is 4. The summed E-state index contributed by atoms with van der Waals surface area (Å²) in [7, 11) is 0. The van der Waals surface area contributed by atoms with Gasteiger partial charge in [-0.3, -0.25) is 4.68 Å². The summed E-state index contributed by atoms with van der Waals surface area (Å²) in [5.41, 5.74) is 4.70. The lowest BCUT2D eigenvalue weighted by Crippen LogP contribution is -2.50. The third kappa shape index (κ3) is 6.92. The average molecular weight is 845 g/mol. The first-order valence-corrected chi connectivity index (χ1v) is 22.2. The number of likely N-dealkylation sites (tertiary alicyclic amines) is 1. The molecule has 2 bridgehead atoms. The van der Waals surface area contributed by atoms with E-state index in [4.69, 9.17) is 24.5 Å². The molecule has 1 N–H and O–H groups in total. The third-order valence-corrected chi connectivity index (χ3v) is 13.2. The minimum Gasteiger partial charge on any atom is -0.505 e. The van der Waals surface area contributed by atoms with Crippen LogP contribution in [0.15, 0.2) is 109 Å². The molecule has 5 aromatic carbocycles. The second-order valence-corrected chi connectivity index (χ2v) is 18.5. The number of aromatic nitrogens is 4. The third-order valence-electron chi connectivity index (χ3n) is 13.2. The summed E-state index contributed by atoms with van der Waals surface area (Å²) in [6.45, 7) is 12.5. The molecule has 1 saturated carbocycles. The molecule has 2 aliphatic heterocycles. The van der Waals surface area contributed by atoms with Crippen LogP contribution in [-0.4, -0.2) is 72.7 Å². The van der Waals surface area contributed by atoms with Crippen LogP contribution in [0.5, 0.6) is 11.8 Å². The summed E-state index contributed by atoms with van der Waals surface area (Å²) in [6.07, 6.45) is 4.88. The van der Waals surface area contributed by atoms with Gasteiger partial charge in [0.05, 0.1) is 23.7 Å². The number of hydrogen-bond donors (Lipinski definition) is 1. The number of aromatic hydroxyl groups is 1. The van der Waals surface area contributed by atoms with Crippen molar-refractivity contribution >= 4 is 33.7 Å². The fraction of sp³-hybridized carbons (Fsp3) is 0.346. The Hall–Kier alpha value is -6.49. The van der Waals surface area contributed by atoms with E-state index in [2.05, 4.69) is 47.4 Å². The summed E-state index contributed by atoms with van der Waals surface area (Å²) in [5.74, 6) is 0.336. The van der Waals surface area contributed by atoms with E-state index in [1.54, 1.807) is 6.92 Å². The molecule has 2 saturated heterocycles. The van der Waals surface area contributed by atoms with Crippen molar-refractivity contribution in [2.24, 2.45) is 0 Å². The highest BCUT2D eigenvalue weighted by Gasteiger charge is 2.48. The molecule has 3 aliphatic rings. The molecular formula is C52H53FN6O4. The number of piperazine rings is 1. The highest BCUT2D eigenvalue weighted by atomic mass is 19.1. The molecule has 10 nitrogen and oxygen atoms in total. The van der Waals surface area contributed by atoms with Gasteiger partial charge in [0.2, 0.25) is 0 Å². The Labute approximate surface area is 367 Å². The highest BCUT2D eigenvalue weighted by Crippen LogP contribution is 2.54. The number of phenols is 1. The van der Waals surface area contributed by atoms with Crippen LogP contribution >= 0.6 is 0 Å². The van der Waals surface area contributed by atoms with Gasteiger partial charge in [-0.25, -0.2) is 9.18 Å². The van der Waals surface area contributed by atoms with Gasteiger partial charge in [0.1, 0.15) is 34.0 Å². The predicted octanol–water partition coefficient (Wildman–Crippen LogP) is 10.9. The molecule has 63 heavy (non-hydrogen) atoms. The van der Waals surface area contributed by atoms with Gasteiger partial charge >= 0.3 is 12.1 Å². The van der Waals surface area contributed by atoms with Crippen LogP contribution in [0.25, 0.3) is 32.9 Å². The smallest absolute Gasteiger partial charge is 0.410 e. The topological polar surface area (TPSA) is 106 Å². The molecule has 3 fully saturated rings. The van der Waals surface area contributed by atoms with E-state index in [-0.39, 0.29) is 42.0 Å². The van der Waals surface area contributed by atoms with Crippen LogP contribution < -0.4 is 9.64 Å². The fourth-order valence-electron chi connectivity index (χ4n) is 9.88. The van der Waals surface area contributed by atoms with E-state index >= 15 is 4.39 Å². The van der Waals surface area contributed by atoms with E-state index in [9.17, 15) is 9.90 Å². The number of anilines is 1. The van der Waals surface area contributed by atoms with Gasteiger partial charge in [0.25, 0.3) is 0 Å². The van der Waals surface area contributed by atoms with Gasteiger partial charge in [0.15, 0.2) is 0 Å². The zero-order chi connectivity index (χ0) is 43.8. The number of carbonyl (C=O) groups is 1. The molecule has 2 aromatic heterocycles. The lowest BCUT2D eigenvalue weighted by Gasteiger charge is -2.36. The first-order valence-electron chi connectivity index (χ1n) is 22.2. The molecule has 10 rings (SSSR count). The molecule has 1 aliphatic carbocycles. The van der Waals surface area contributed by atoms with Crippen LogP contribution in [0.1, 0.15) is 94.0 Å². The molecule has 0 unspecified atom stereocenters. The van der Waals surface area contributed by atoms with Crippen LogP contribution in [0, 0.1) is 12.7 Å². The molecule has 11 heteroatoms. The van der Waals surface area contributed by atoms with Gasteiger partial charge in [-0.15, -0.1) is 0 Å². The van der Waals surface area contributed by atoms with Crippen molar-refractivity contribution in [1.29, 1.82) is 0 Å². The van der Waals surface area contributed by atoms with E-state index in [0.29, 0.717) is 57.4 Å². The molecule has 0 radical (unpaired) electrons. The van der Waals surface area contributed by atoms with E-state index in [1.807, 2.05) is 105 Å². The fourth-order valence-corrected chi connectivity index (χ4v) is 9.88. The van der Waals surface area contributed by atoms with Crippen LogP contribution in [0.4, 0.5) is 15.0 Å². The lowest BCUT2D eigenvalue weighted by molar-refractivity contribution is 0.0214. The van der Waals surface area contributed by atoms with Crippen molar-refractivity contribution in [3.8, 4) is 22.9 Å². The lowest BCUT2D eigenvalue weighted by atomic mass is 9.77. The van der Waals surface area contributed by atoms with Crippen molar-refractivity contribution < 1.29 is 23.8 Å². The summed E-state index contributed by atoms with van der Waals surface area (Å²) in [6, 6.07) is 34.6. The monoisotopic (exact) mass is 844 g/mol. The number of halogens is 1. The second-order valence-electron chi connectivity index (χ2n) is 18.5. The number of carbonyl (C=O) groups excluding carboxylic acids is 1. The molecule has 4 heterocycles. The zero-order valence-corrected chi connectivity index (χ0v) is 36.7. The van der Waals surface area contributed by atoms with Crippen LogP contribution in [0.2, 0.25) is 0 Å². The standard InChI is InChI=1S/C52H53FN6O4/c1-7-31(2)62-49-54-46-40(48(55-49)57-28-38-25-37(57)29-58(38)50(61)63-51(4,5)6)26-39(33-23-24-33)45(47(46)60)44-32(3)42(53)27-43-41(44)30-59(56-43)52(34-17-11-8-12-18-34,35-19-13-9-14-20-35)36-21-15-10-16-22-36/h8-22,26-27,30-31,33,37-38,60H,7,23-25,28-29H2,1-6H3/t31-,37+,38+/m1/s1. The Morgan fingerprint density at radius 2 is 1.48 bits per heavy atom. The molecular weight excluding hydrogens is 792 g/mol. The molecule has 1 amide bonds.